The summed E-state index contributed by atoms with van der Waals surface area (Å²) in [5, 5.41) is 16.3. The number of fused-ring (bicyclic) bond motifs is 1. The van der Waals surface area contributed by atoms with E-state index in [0.717, 1.165) is 39.6 Å². The third-order valence-electron chi connectivity index (χ3n) is 5.51. The van der Waals surface area contributed by atoms with Crippen LogP contribution in [0.4, 0.5) is 0 Å². The second-order valence-electron chi connectivity index (χ2n) is 7.29. The van der Waals surface area contributed by atoms with Crippen LogP contribution in [0.3, 0.4) is 0 Å². The molecule has 2 heterocycles. The van der Waals surface area contributed by atoms with Crippen LogP contribution in [-0.2, 0) is 0 Å². The lowest BCUT2D eigenvalue weighted by Gasteiger charge is -2.30. The number of rotatable bonds is 4. The molecular formula is C24H23N2O4+. The van der Waals surface area contributed by atoms with Gasteiger partial charge >= 0.3 is 0 Å². The number of hydrogen-bond donors (Lipinski definition) is 3. The Balaban J connectivity index is 1.58. The zero-order valence-corrected chi connectivity index (χ0v) is 16.5. The molecule has 0 radical (unpaired) electrons. The predicted octanol–water partition coefficient (Wildman–Crippen LogP) is 3.08. The van der Waals surface area contributed by atoms with Crippen molar-refractivity contribution >= 4 is 5.70 Å². The number of benzene rings is 3. The average Bonchev–Trinajstić information content (AvgIpc) is 3.27. The molecular weight excluding hydrogens is 380 g/mol. The highest BCUT2D eigenvalue weighted by Gasteiger charge is 2.31. The standard InChI is InChI=1S/C24H22N2O4/c1-28-21-9-5-3-7-17(21)24-25-18(15-10-11-22-23(12-15)30-14-29-22)13-19(26-24)16-6-2-4-8-20(16)27/h2-13,19,24-27H,14H2,1H3/p+1. The van der Waals surface area contributed by atoms with Crippen molar-refractivity contribution in [2.75, 3.05) is 13.9 Å². The monoisotopic (exact) mass is 403 g/mol. The number of phenolic OH excluding ortho intramolecular Hbond substituents is 1. The first-order chi connectivity index (χ1) is 14.7. The second kappa shape index (κ2) is 7.65. The van der Waals surface area contributed by atoms with Crippen molar-refractivity contribution in [2.45, 2.75) is 12.2 Å². The molecule has 4 N–H and O–H groups in total. The van der Waals surface area contributed by atoms with E-state index >= 15 is 0 Å². The van der Waals surface area contributed by atoms with E-state index in [1.54, 1.807) is 13.2 Å². The number of methoxy groups -OCH3 is 1. The van der Waals surface area contributed by atoms with E-state index < -0.39 is 0 Å². The van der Waals surface area contributed by atoms with E-state index in [4.69, 9.17) is 14.2 Å². The Kier molecular flexibility index (Phi) is 4.69. The van der Waals surface area contributed by atoms with Gasteiger partial charge in [0.05, 0.1) is 18.2 Å². The van der Waals surface area contributed by atoms with Crippen LogP contribution in [-0.4, -0.2) is 19.0 Å². The van der Waals surface area contributed by atoms with Gasteiger partial charge in [0.1, 0.15) is 17.5 Å². The third-order valence-corrected chi connectivity index (χ3v) is 5.51. The molecule has 3 aromatic rings. The predicted molar refractivity (Wildman–Crippen MR) is 112 cm³/mol. The fourth-order valence-corrected chi connectivity index (χ4v) is 4.02. The van der Waals surface area contributed by atoms with Gasteiger partial charge in [-0.2, -0.15) is 0 Å². The van der Waals surface area contributed by atoms with Crippen molar-refractivity contribution in [3.8, 4) is 23.0 Å². The molecule has 6 nitrogen and oxygen atoms in total. The van der Waals surface area contributed by atoms with E-state index in [-0.39, 0.29) is 24.8 Å². The minimum atomic E-state index is -0.101. The summed E-state index contributed by atoms with van der Waals surface area (Å²) >= 11 is 0. The maximum atomic E-state index is 10.5. The van der Waals surface area contributed by atoms with Crippen molar-refractivity contribution in [2.24, 2.45) is 0 Å². The molecule has 0 aliphatic carbocycles. The van der Waals surface area contributed by atoms with E-state index in [1.165, 1.54) is 0 Å². The van der Waals surface area contributed by atoms with Crippen LogP contribution >= 0.6 is 0 Å². The average molecular weight is 403 g/mol. The van der Waals surface area contributed by atoms with Crippen molar-refractivity contribution in [3.05, 3.63) is 89.5 Å². The maximum absolute atomic E-state index is 10.5. The smallest absolute Gasteiger partial charge is 0.231 e. The van der Waals surface area contributed by atoms with Gasteiger partial charge in [-0.15, -0.1) is 0 Å². The molecule has 0 saturated carbocycles. The minimum absolute atomic E-state index is 0.0808. The SMILES string of the molecule is COc1ccccc1C1NC(c2ccc3c(c2)OCO3)=CC(c2ccccc2O)[NH2+]1. The fraction of sp³-hybridized carbons (Fsp3) is 0.167. The van der Waals surface area contributed by atoms with Crippen LogP contribution < -0.4 is 24.8 Å². The summed E-state index contributed by atoms with van der Waals surface area (Å²) in [5.74, 6) is 2.58. The maximum Gasteiger partial charge on any atom is 0.231 e. The number of hydrogen-bond acceptors (Lipinski definition) is 5. The molecule has 0 aromatic heterocycles. The summed E-state index contributed by atoms with van der Waals surface area (Å²) in [6, 6.07) is 21.3. The second-order valence-corrected chi connectivity index (χ2v) is 7.29. The molecule has 152 valence electrons. The molecule has 3 aromatic carbocycles. The highest BCUT2D eigenvalue weighted by Crippen LogP contribution is 2.36. The topological polar surface area (TPSA) is 76.6 Å². The lowest BCUT2D eigenvalue weighted by molar-refractivity contribution is -0.731. The van der Waals surface area contributed by atoms with Gasteiger partial charge < -0.3 is 30.0 Å². The Morgan fingerprint density at radius 2 is 1.73 bits per heavy atom. The third kappa shape index (κ3) is 3.31. The lowest BCUT2D eigenvalue weighted by Crippen LogP contribution is -2.89. The van der Waals surface area contributed by atoms with Gasteiger partial charge in [0, 0.05) is 17.3 Å². The molecule has 2 unspecified atom stereocenters. The van der Waals surface area contributed by atoms with Crippen LogP contribution in [0, 0.1) is 0 Å². The molecule has 0 spiro atoms. The van der Waals surface area contributed by atoms with Gasteiger partial charge in [0.2, 0.25) is 6.79 Å². The fourth-order valence-electron chi connectivity index (χ4n) is 4.02. The highest BCUT2D eigenvalue weighted by atomic mass is 16.7. The number of aromatic hydroxyl groups is 1. The number of para-hydroxylation sites is 2. The summed E-state index contributed by atoms with van der Waals surface area (Å²) in [5.41, 5.74) is 3.84. The number of nitrogens with two attached hydrogens (primary N) is 1. The van der Waals surface area contributed by atoms with Crippen LogP contribution in [0.5, 0.6) is 23.0 Å². The van der Waals surface area contributed by atoms with Crippen LogP contribution in [0.15, 0.2) is 72.8 Å². The summed E-state index contributed by atoms with van der Waals surface area (Å²) in [4.78, 5) is 0. The normalized spacial score (nSPS) is 19.7. The molecule has 30 heavy (non-hydrogen) atoms. The van der Waals surface area contributed by atoms with Gasteiger partial charge in [-0.05, 0) is 42.5 Å². The van der Waals surface area contributed by atoms with Crippen LogP contribution in [0.25, 0.3) is 5.70 Å². The molecule has 0 bridgehead atoms. The molecule has 2 atom stereocenters. The molecule has 5 rings (SSSR count). The largest absolute Gasteiger partial charge is 0.507 e. The van der Waals surface area contributed by atoms with Crippen molar-refractivity contribution < 1.29 is 24.6 Å². The first-order valence-corrected chi connectivity index (χ1v) is 9.87. The molecule has 2 aliphatic heterocycles. The Morgan fingerprint density at radius 3 is 2.57 bits per heavy atom. The zero-order chi connectivity index (χ0) is 20.5. The van der Waals surface area contributed by atoms with Gasteiger partial charge in [0.15, 0.2) is 17.7 Å². The summed E-state index contributed by atoms with van der Waals surface area (Å²) in [7, 11) is 1.68. The molecule has 0 fully saturated rings. The Morgan fingerprint density at radius 1 is 0.967 bits per heavy atom. The number of phenols is 1. The quantitative estimate of drug-likeness (QED) is 0.624. The summed E-state index contributed by atoms with van der Waals surface area (Å²) < 4.78 is 16.6. The van der Waals surface area contributed by atoms with Crippen LogP contribution in [0.2, 0.25) is 0 Å². The number of nitrogens with one attached hydrogen (secondary N) is 1. The Bertz CT molecular complexity index is 1110. The van der Waals surface area contributed by atoms with E-state index in [0.29, 0.717) is 0 Å². The number of ether oxygens (including phenoxy) is 3. The van der Waals surface area contributed by atoms with E-state index in [2.05, 4.69) is 22.8 Å². The molecule has 2 aliphatic rings. The van der Waals surface area contributed by atoms with Crippen molar-refractivity contribution in [1.29, 1.82) is 0 Å². The van der Waals surface area contributed by atoms with Crippen molar-refractivity contribution in [1.82, 2.24) is 5.32 Å². The summed E-state index contributed by atoms with van der Waals surface area (Å²) in [6.45, 7) is 0.239. The Hall–Kier alpha value is -3.64. The first kappa shape index (κ1) is 18.4. The van der Waals surface area contributed by atoms with Gasteiger partial charge in [-0.25, -0.2) is 0 Å². The molecule has 6 heteroatoms. The van der Waals surface area contributed by atoms with Gasteiger partial charge in [-0.1, -0.05) is 24.3 Å². The zero-order valence-electron chi connectivity index (χ0n) is 16.5. The van der Waals surface area contributed by atoms with E-state index in [9.17, 15) is 5.11 Å². The minimum Gasteiger partial charge on any atom is -0.507 e. The highest BCUT2D eigenvalue weighted by molar-refractivity contribution is 5.69. The van der Waals surface area contributed by atoms with Crippen LogP contribution in [0.1, 0.15) is 28.9 Å². The molecule has 0 amide bonds. The summed E-state index contributed by atoms with van der Waals surface area (Å²) in [6.07, 6.45) is 2.02. The Labute approximate surface area is 174 Å². The first-order valence-electron chi connectivity index (χ1n) is 9.87. The lowest BCUT2D eigenvalue weighted by atomic mass is 9.97. The molecule has 0 saturated heterocycles. The number of quaternary nitrogens is 1. The van der Waals surface area contributed by atoms with E-state index in [1.807, 2.05) is 54.6 Å². The van der Waals surface area contributed by atoms with Gasteiger partial charge in [0.25, 0.3) is 0 Å². The van der Waals surface area contributed by atoms with Crippen molar-refractivity contribution in [3.63, 3.8) is 0 Å². The van der Waals surface area contributed by atoms with Gasteiger partial charge in [-0.3, -0.25) is 0 Å².